The highest BCUT2D eigenvalue weighted by molar-refractivity contribution is 6.03. The van der Waals surface area contributed by atoms with Crippen molar-refractivity contribution in [3.05, 3.63) is 264 Å². The number of benzene rings is 9. The van der Waals surface area contributed by atoms with E-state index in [2.05, 4.69) is 241 Å². The number of para-hydroxylation sites is 1. The third kappa shape index (κ3) is 5.01. The topological polar surface area (TPSA) is 8.17 Å². The summed E-state index contributed by atoms with van der Waals surface area (Å²) in [6.45, 7) is 6.99. The highest BCUT2D eigenvalue weighted by Crippen LogP contribution is 2.63. The molecule has 14 rings (SSSR count). The smallest absolute Gasteiger partial charge is 0.0726 e. The molecule has 0 amide bonds. The second kappa shape index (κ2) is 13.9. The number of fused-ring (bicyclic) bond motifs is 16. The average molecular weight is 841 g/mol. The Bertz CT molecular complexity index is 3650. The molecule has 4 aliphatic carbocycles. The van der Waals surface area contributed by atoms with Gasteiger partial charge in [-0.2, -0.15) is 0 Å². The molecule has 1 atom stereocenters. The molecule has 2 nitrogen and oxygen atoms in total. The van der Waals surface area contributed by atoms with Crippen molar-refractivity contribution in [1.29, 1.82) is 0 Å². The van der Waals surface area contributed by atoms with Gasteiger partial charge in [-0.3, -0.25) is 0 Å². The summed E-state index contributed by atoms with van der Waals surface area (Å²) < 4.78 is 2.48. The van der Waals surface area contributed by atoms with Crippen molar-refractivity contribution < 1.29 is 0 Å². The van der Waals surface area contributed by atoms with E-state index in [9.17, 15) is 0 Å². The molecular weight excluding hydrogens is 797 g/mol. The molecule has 0 fully saturated rings. The fourth-order valence-electron chi connectivity index (χ4n) is 12.3. The van der Waals surface area contributed by atoms with Gasteiger partial charge in [-0.1, -0.05) is 171 Å². The molecule has 0 saturated carbocycles. The van der Waals surface area contributed by atoms with E-state index < -0.39 is 5.41 Å². The molecule has 2 heteroatoms. The fraction of sp³-hybridized carbons (Fsp3) is 0.0625. The Morgan fingerprint density at radius 1 is 0.470 bits per heavy atom. The van der Waals surface area contributed by atoms with E-state index in [1.54, 1.807) is 0 Å². The summed E-state index contributed by atoms with van der Waals surface area (Å²) in [5, 5.41) is 1.29. The van der Waals surface area contributed by atoms with Crippen molar-refractivity contribution in [3.8, 4) is 50.2 Å². The fourth-order valence-corrected chi connectivity index (χ4v) is 12.3. The zero-order valence-corrected chi connectivity index (χ0v) is 36.7. The summed E-state index contributed by atoms with van der Waals surface area (Å²) in [6.07, 6.45) is 5.73. The molecule has 1 aromatic heterocycles. The molecule has 66 heavy (non-hydrogen) atoms. The first-order valence-corrected chi connectivity index (χ1v) is 23.3. The summed E-state index contributed by atoms with van der Waals surface area (Å²) in [4.78, 5) is 2.45. The molecule has 0 aliphatic heterocycles. The highest BCUT2D eigenvalue weighted by Gasteiger charge is 2.51. The molecule has 1 unspecified atom stereocenters. The van der Waals surface area contributed by atoms with E-state index in [0.717, 1.165) is 29.1 Å². The predicted octanol–water partition coefficient (Wildman–Crippen LogP) is 16.7. The van der Waals surface area contributed by atoms with Gasteiger partial charge < -0.3 is 9.47 Å². The monoisotopic (exact) mass is 840 g/mol. The molecular formula is C64H44N2. The lowest BCUT2D eigenvalue weighted by molar-refractivity contribution is 0.723. The van der Waals surface area contributed by atoms with Gasteiger partial charge in [0.1, 0.15) is 0 Å². The van der Waals surface area contributed by atoms with Gasteiger partial charge in [0.2, 0.25) is 0 Å². The van der Waals surface area contributed by atoms with Crippen LogP contribution in [0.3, 0.4) is 0 Å². The van der Waals surface area contributed by atoms with Crippen LogP contribution in [0.5, 0.6) is 0 Å². The summed E-state index contributed by atoms with van der Waals surface area (Å²) in [7, 11) is 0. The number of anilines is 3. The maximum absolute atomic E-state index is 4.64. The first kappa shape index (κ1) is 37.2. The van der Waals surface area contributed by atoms with Gasteiger partial charge in [0.05, 0.1) is 10.9 Å². The van der Waals surface area contributed by atoms with E-state index in [1.165, 1.54) is 106 Å². The Hall–Kier alpha value is -8.20. The third-order valence-corrected chi connectivity index (χ3v) is 15.1. The molecule has 1 spiro atoms. The Morgan fingerprint density at radius 3 is 1.68 bits per heavy atom. The maximum Gasteiger partial charge on any atom is 0.0726 e. The first-order valence-electron chi connectivity index (χ1n) is 23.3. The van der Waals surface area contributed by atoms with Crippen LogP contribution in [-0.2, 0) is 5.41 Å². The Morgan fingerprint density at radius 2 is 1.00 bits per heavy atom. The van der Waals surface area contributed by atoms with Crippen LogP contribution >= 0.6 is 0 Å². The first-order chi connectivity index (χ1) is 32.6. The number of aromatic nitrogens is 1. The van der Waals surface area contributed by atoms with Crippen molar-refractivity contribution >= 4 is 39.6 Å². The highest BCUT2D eigenvalue weighted by atomic mass is 15.1. The Kier molecular flexibility index (Phi) is 7.83. The minimum atomic E-state index is -0.442. The lowest BCUT2D eigenvalue weighted by Gasteiger charge is -2.32. The number of hydrogen-bond donors (Lipinski definition) is 0. The van der Waals surface area contributed by atoms with Crippen molar-refractivity contribution in [1.82, 2.24) is 4.57 Å². The van der Waals surface area contributed by atoms with E-state index in [4.69, 9.17) is 0 Å². The number of nitrogens with zero attached hydrogens (tertiary/aromatic N) is 2. The van der Waals surface area contributed by atoms with E-state index >= 15 is 0 Å². The van der Waals surface area contributed by atoms with Gasteiger partial charge in [0.15, 0.2) is 0 Å². The molecule has 310 valence electrons. The van der Waals surface area contributed by atoms with E-state index in [1.807, 2.05) is 0 Å². The van der Waals surface area contributed by atoms with E-state index in [0.29, 0.717) is 5.92 Å². The number of hydrogen-bond acceptors (Lipinski definition) is 1. The van der Waals surface area contributed by atoms with Gasteiger partial charge in [-0.25, -0.2) is 0 Å². The zero-order chi connectivity index (χ0) is 43.7. The van der Waals surface area contributed by atoms with Crippen molar-refractivity contribution in [2.24, 2.45) is 0 Å². The lowest BCUT2D eigenvalue weighted by Crippen LogP contribution is -2.26. The maximum atomic E-state index is 4.64. The predicted molar refractivity (Wildman–Crippen MR) is 275 cm³/mol. The molecule has 10 aromatic rings. The van der Waals surface area contributed by atoms with Crippen molar-refractivity contribution in [2.75, 3.05) is 4.90 Å². The second-order valence-corrected chi connectivity index (χ2v) is 18.5. The average Bonchev–Trinajstić information content (AvgIpc) is 4.07. The van der Waals surface area contributed by atoms with Gasteiger partial charge in [0.25, 0.3) is 0 Å². The standard InChI is InChI=1S/C64H44N2/c1-40-15-14-23-55-57-37-43(29-36-62(57)66(63(40)55)44-16-4-3-5-17-44)42-27-30-45(31-28-42)65(46-32-34-50-49-19-7-6-18-48(49)41(2)56(50)38-46)47-33-35-54-53-22-10-13-26-60(53)64(61(54)39-47)58-24-11-8-20-51(58)52-21-9-12-25-59(52)64/h3-14,16-40H,2,15H2,1H3. The van der Waals surface area contributed by atoms with Crippen LogP contribution in [-0.4, -0.2) is 4.57 Å². The van der Waals surface area contributed by atoms with Crippen LogP contribution in [0.2, 0.25) is 0 Å². The summed E-state index contributed by atoms with van der Waals surface area (Å²) >= 11 is 0. The van der Waals surface area contributed by atoms with Crippen LogP contribution < -0.4 is 4.90 Å². The van der Waals surface area contributed by atoms with Crippen LogP contribution in [0.4, 0.5) is 17.1 Å². The van der Waals surface area contributed by atoms with Crippen molar-refractivity contribution in [3.63, 3.8) is 0 Å². The SMILES string of the molecule is C=C1c2ccccc2-c2ccc(N(c3ccc(-c4ccc5c(c4)c4c(n5-c5ccccc5)C(C)CC=C4)cc3)c3ccc4c(c3)C3(c5ccccc5-c5ccccc53)c3ccccc3-4)cc21. The van der Waals surface area contributed by atoms with Gasteiger partial charge in [0, 0.05) is 45.3 Å². The molecule has 4 aliphatic rings. The van der Waals surface area contributed by atoms with E-state index in [-0.39, 0.29) is 0 Å². The van der Waals surface area contributed by atoms with Crippen molar-refractivity contribution in [2.45, 2.75) is 24.7 Å². The molecule has 1 heterocycles. The van der Waals surface area contributed by atoms with Crippen LogP contribution in [0, 0.1) is 0 Å². The largest absolute Gasteiger partial charge is 0.313 e. The number of allylic oxidation sites excluding steroid dienone is 1. The third-order valence-electron chi connectivity index (χ3n) is 15.1. The van der Waals surface area contributed by atoms with Crippen LogP contribution in [0.15, 0.2) is 219 Å². The molecule has 0 radical (unpaired) electrons. The minimum absolute atomic E-state index is 0.429. The lowest BCUT2D eigenvalue weighted by atomic mass is 9.70. The second-order valence-electron chi connectivity index (χ2n) is 18.5. The van der Waals surface area contributed by atoms with Gasteiger partial charge in [-0.15, -0.1) is 0 Å². The quantitative estimate of drug-likeness (QED) is 0.168. The summed E-state index contributed by atoms with van der Waals surface area (Å²) in [5.74, 6) is 0.429. The molecule has 0 saturated heterocycles. The zero-order valence-electron chi connectivity index (χ0n) is 36.7. The number of rotatable bonds is 5. The van der Waals surface area contributed by atoms with Gasteiger partial charge in [-0.05, 0) is 151 Å². The summed E-state index contributed by atoms with van der Waals surface area (Å²) in [5.41, 5.74) is 27.0. The van der Waals surface area contributed by atoms with Crippen LogP contribution in [0.1, 0.15) is 63.9 Å². The summed E-state index contributed by atoms with van der Waals surface area (Å²) in [6, 6.07) is 77.1. The molecule has 9 aromatic carbocycles. The molecule has 0 bridgehead atoms. The van der Waals surface area contributed by atoms with Gasteiger partial charge >= 0.3 is 0 Å². The Balaban J connectivity index is 0.943. The normalized spacial score (nSPS) is 15.2. The minimum Gasteiger partial charge on any atom is -0.313 e. The Labute approximate surface area is 385 Å². The van der Waals surface area contributed by atoms with Crippen LogP contribution in [0.25, 0.3) is 72.7 Å². The molecule has 0 N–H and O–H groups in total.